The summed E-state index contributed by atoms with van der Waals surface area (Å²) in [5.74, 6) is -1.50. The highest BCUT2D eigenvalue weighted by atomic mass is 79.9. The molecule has 0 radical (unpaired) electrons. The number of nitrogens with one attached hydrogen (secondary N) is 1. The minimum absolute atomic E-state index is 0.0912. The lowest BCUT2D eigenvalue weighted by Crippen LogP contribution is -2.06. The largest absolute Gasteiger partial charge is 0.432 e. The molecule has 2 aromatic carbocycles. The van der Waals surface area contributed by atoms with Gasteiger partial charge in [-0.25, -0.2) is 4.39 Å². The Morgan fingerprint density at radius 1 is 1.19 bits per heavy atom. The maximum absolute atomic E-state index is 13.5. The summed E-state index contributed by atoms with van der Waals surface area (Å²) in [6, 6.07) is 7.57. The highest BCUT2D eigenvalue weighted by molar-refractivity contribution is 9.10. The number of nitrogen functional groups attached to an aromatic ring is 1. The SMILES string of the molecule is Cc1ccc(Br)cc1Nc1cc(OC(F)F)c(F)cc1N. The Morgan fingerprint density at radius 2 is 1.90 bits per heavy atom. The van der Waals surface area contributed by atoms with Crippen LogP contribution in [0, 0.1) is 12.7 Å². The first-order chi connectivity index (χ1) is 9.86. The lowest BCUT2D eigenvalue weighted by atomic mass is 10.2. The van der Waals surface area contributed by atoms with Crippen LogP contribution in [0.25, 0.3) is 0 Å². The highest BCUT2D eigenvalue weighted by Gasteiger charge is 2.14. The number of nitrogens with two attached hydrogens (primary N) is 1. The van der Waals surface area contributed by atoms with Crippen LogP contribution in [0.1, 0.15) is 5.56 Å². The molecule has 2 rings (SSSR count). The summed E-state index contributed by atoms with van der Waals surface area (Å²) < 4.78 is 42.9. The van der Waals surface area contributed by atoms with Crippen LogP contribution in [-0.2, 0) is 0 Å². The zero-order valence-corrected chi connectivity index (χ0v) is 12.5. The van der Waals surface area contributed by atoms with E-state index in [4.69, 9.17) is 5.73 Å². The second-order valence-electron chi connectivity index (χ2n) is 4.33. The summed E-state index contributed by atoms with van der Waals surface area (Å²) in [6.07, 6.45) is 0. The Kier molecular flexibility index (Phi) is 4.62. The van der Waals surface area contributed by atoms with Gasteiger partial charge in [0.05, 0.1) is 11.4 Å². The van der Waals surface area contributed by atoms with E-state index in [1.807, 2.05) is 19.1 Å². The fraction of sp³-hybridized carbons (Fsp3) is 0.143. The van der Waals surface area contributed by atoms with Crippen molar-refractivity contribution in [3.05, 3.63) is 46.2 Å². The number of alkyl halides is 2. The second kappa shape index (κ2) is 6.26. The summed E-state index contributed by atoms with van der Waals surface area (Å²) in [5.41, 5.74) is 7.71. The van der Waals surface area contributed by atoms with Gasteiger partial charge in [0.2, 0.25) is 0 Å². The van der Waals surface area contributed by atoms with Gasteiger partial charge >= 0.3 is 6.61 Å². The number of hydrogen-bond acceptors (Lipinski definition) is 3. The van der Waals surface area contributed by atoms with Crippen LogP contribution in [0.5, 0.6) is 5.75 Å². The zero-order chi connectivity index (χ0) is 15.6. The molecule has 21 heavy (non-hydrogen) atoms. The number of halogens is 4. The van der Waals surface area contributed by atoms with E-state index in [9.17, 15) is 13.2 Å². The van der Waals surface area contributed by atoms with E-state index >= 15 is 0 Å². The van der Waals surface area contributed by atoms with E-state index < -0.39 is 18.2 Å². The molecule has 0 heterocycles. The number of hydrogen-bond donors (Lipinski definition) is 2. The third-order valence-electron chi connectivity index (χ3n) is 2.79. The molecule has 0 saturated heterocycles. The summed E-state index contributed by atoms with van der Waals surface area (Å²) in [4.78, 5) is 0. The van der Waals surface area contributed by atoms with Crippen molar-refractivity contribution < 1.29 is 17.9 Å². The van der Waals surface area contributed by atoms with Gasteiger partial charge in [-0.1, -0.05) is 22.0 Å². The van der Waals surface area contributed by atoms with Crippen LogP contribution >= 0.6 is 15.9 Å². The van der Waals surface area contributed by atoms with E-state index in [1.54, 1.807) is 6.07 Å². The van der Waals surface area contributed by atoms with Gasteiger partial charge in [0.1, 0.15) is 0 Å². The molecule has 2 aromatic rings. The number of anilines is 3. The summed E-state index contributed by atoms with van der Waals surface area (Å²) in [6.45, 7) is -1.24. The van der Waals surface area contributed by atoms with E-state index in [1.165, 1.54) is 0 Å². The van der Waals surface area contributed by atoms with E-state index in [0.717, 1.165) is 22.2 Å². The Morgan fingerprint density at radius 3 is 2.57 bits per heavy atom. The van der Waals surface area contributed by atoms with Crippen LogP contribution in [0.2, 0.25) is 0 Å². The molecule has 3 nitrogen and oxygen atoms in total. The minimum Gasteiger partial charge on any atom is -0.432 e. The van der Waals surface area contributed by atoms with E-state index in [-0.39, 0.29) is 11.4 Å². The van der Waals surface area contributed by atoms with Crippen molar-refractivity contribution in [2.75, 3.05) is 11.1 Å². The molecule has 0 amide bonds. The molecule has 0 unspecified atom stereocenters. The van der Waals surface area contributed by atoms with Crippen molar-refractivity contribution >= 4 is 33.0 Å². The first-order valence-electron chi connectivity index (χ1n) is 5.94. The molecule has 0 aliphatic rings. The van der Waals surface area contributed by atoms with Gasteiger partial charge in [0, 0.05) is 22.3 Å². The molecule has 3 N–H and O–H groups in total. The average Bonchev–Trinajstić information content (AvgIpc) is 2.39. The minimum atomic E-state index is -3.11. The lowest BCUT2D eigenvalue weighted by molar-refractivity contribution is -0.0521. The summed E-state index contributed by atoms with van der Waals surface area (Å²) in [5, 5.41) is 2.98. The Labute approximate surface area is 128 Å². The summed E-state index contributed by atoms with van der Waals surface area (Å²) >= 11 is 3.33. The molecular formula is C14H12BrF3N2O. The normalized spacial score (nSPS) is 10.8. The maximum atomic E-state index is 13.5. The van der Waals surface area contributed by atoms with Crippen LogP contribution in [-0.4, -0.2) is 6.61 Å². The number of benzene rings is 2. The van der Waals surface area contributed by atoms with Gasteiger partial charge in [-0.05, 0) is 24.6 Å². The van der Waals surface area contributed by atoms with Crippen molar-refractivity contribution in [2.45, 2.75) is 13.5 Å². The van der Waals surface area contributed by atoms with Gasteiger partial charge < -0.3 is 15.8 Å². The average molecular weight is 361 g/mol. The Hall–Kier alpha value is -1.89. The molecule has 0 spiro atoms. The smallest absolute Gasteiger partial charge is 0.387 e. The van der Waals surface area contributed by atoms with Gasteiger partial charge in [-0.3, -0.25) is 0 Å². The molecule has 0 aromatic heterocycles. The molecule has 0 atom stereocenters. The Bertz CT molecular complexity index is 665. The number of ether oxygens (including phenoxy) is 1. The van der Waals surface area contributed by atoms with E-state index in [2.05, 4.69) is 26.0 Å². The van der Waals surface area contributed by atoms with Crippen molar-refractivity contribution in [3.8, 4) is 5.75 Å². The van der Waals surface area contributed by atoms with Crippen LogP contribution in [0.4, 0.5) is 30.2 Å². The van der Waals surface area contributed by atoms with Gasteiger partial charge in [-0.15, -0.1) is 0 Å². The topological polar surface area (TPSA) is 47.3 Å². The standard InChI is InChI=1S/C14H12BrF3N2O/c1-7-2-3-8(15)4-11(7)20-12-6-13(21-14(17)18)9(16)5-10(12)19/h2-6,14,20H,19H2,1H3. The quantitative estimate of drug-likeness (QED) is 0.768. The van der Waals surface area contributed by atoms with Crippen molar-refractivity contribution in [3.63, 3.8) is 0 Å². The second-order valence-corrected chi connectivity index (χ2v) is 5.25. The predicted molar refractivity (Wildman–Crippen MR) is 79.6 cm³/mol. The zero-order valence-electron chi connectivity index (χ0n) is 11.0. The molecular weight excluding hydrogens is 349 g/mol. The molecule has 0 bridgehead atoms. The molecule has 0 fully saturated rings. The molecule has 0 aliphatic heterocycles. The molecule has 0 saturated carbocycles. The van der Waals surface area contributed by atoms with Crippen molar-refractivity contribution in [2.24, 2.45) is 0 Å². The number of aryl methyl sites for hydroxylation is 1. The monoisotopic (exact) mass is 360 g/mol. The van der Waals surface area contributed by atoms with Crippen molar-refractivity contribution in [1.82, 2.24) is 0 Å². The predicted octanol–water partition coefficient (Wildman–Crippen LogP) is 4.82. The lowest BCUT2D eigenvalue weighted by Gasteiger charge is -2.14. The molecule has 112 valence electrons. The first-order valence-corrected chi connectivity index (χ1v) is 6.73. The first kappa shape index (κ1) is 15.5. The number of rotatable bonds is 4. The highest BCUT2D eigenvalue weighted by Crippen LogP contribution is 2.33. The summed E-state index contributed by atoms with van der Waals surface area (Å²) in [7, 11) is 0. The fourth-order valence-corrected chi connectivity index (χ4v) is 2.10. The van der Waals surface area contributed by atoms with Crippen LogP contribution < -0.4 is 15.8 Å². The van der Waals surface area contributed by atoms with E-state index in [0.29, 0.717) is 5.69 Å². The fourth-order valence-electron chi connectivity index (χ4n) is 1.74. The van der Waals surface area contributed by atoms with Gasteiger partial charge in [-0.2, -0.15) is 8.78 Å². The Balaban J connectivity index is 2.37. The van der Waals surface area contributed by atoms with Crippen LogP contribution in [0.3, 0.4) is 0 Å². The molecule has 7 heteroatoms. The van der Waals surface area contributed by atoms with Crippen LogP contribution in [0.15, 0.2) is 34.8 Å². The van der Waals surface area contributed by atoms with Gasteiger partial charge in [0.25, 0.3) is 0 Å². The maximum Gasteiger partial charge on any atom is 0.387 e. The third-order valence-corrected chi connectivity index (χ3v) is 3.28. The van der Waals surface area contributed by atoms with Gasteiger partial charge in [0.15, 0.2) is 11.6 Å². The van der Waals surface area contributed by atoms with Crippen molar-refractivity contribution in [1.29, 1.82) is 0 Å². The molecule has 0 aliphatic carbocycles. The third kappa shape index (κ3) is 3.81.